The molecule has 1 aliphatic heterocycles. The smallest absolute Gasteiger partial charge is 0.227 e. The van der Waals surface area contributed by atoms with Gasteiger partial charge in [-0.15, -0.1) is 0 Å². The summed E-state index contributed by atoms with van der Waals surface area (Å²) in [5.41, 5.74) is 2.52. The Hall–Kier alpha value is -2.25. The first-order valence-electron chi connectivity index (χ1n) is 9.12. The van der Waals surface area contributed by atoms with E-state index in [-0.39, 0.29) is 18.4 Å². The summed E-state index contributed by atoms with van der Waals surface area (Å²) >= 11 is 0. The third kappa shape index (κ3) is 4.89. The number of hydrogen-bond acceptors (Lipinski definition) is 6. The molecule has 1 saturated heterocycles. The van der Waals surface area contributed by atoms with Crippen LogP contribution in [0, 0.1) is 6.92 Å². The Kier molecular flexibility index (Phi) is 6.35. The molecule has 0 radical (unpaired) electrons. The highest BCUT2D eigenvalue weighted by molar-refractivity contribution is 5.77. The molecule has 1 N–H and O–H groups in total. The van der Waals surface area contributed by atoms with Crippen molar-refractivity contribution in [3.05, 3.63) is 47.1 Å². The van der Waals surface area contributed by atoms with E-state index in [2.05, 4.69) is 51.5 Å². The first kappa shape index (κ1) is 18.5. The van der Waals surface area contributed by atoms with Gasteiger partial charge in [0.1, 0.15) is 0 Å². The standard InChI is InChI=1S/C19H26N4O3/c1-3-15-4-6-16(7-5-15)17(23-8-10-25-11-9-23)13-20-19(24)12-18-21-14(2)26-22-18/h4-7,17H,3,8-13H2,1-2H3,(H,20,24). The average molecular weight is 358 g/mol. The summed E-state index contributed by atoms with van der Waals surface area (Å²) in [6.07, 6.45) is 1.14. The monoisotopic (exact) mass is 358 g/mol. The van der Waals surface area contributed by atoms with Gasteiger partial charge in [0.2, 0.25) is 11.8 Å². The number of aromatic nitrogens is 2. The molecule has 1 amide bonds. The van der Waals surface area contributed by atoms with Crippen molar-refractivity contribution < 1.29 is 14.1 Å². The SMILES string of the molecule is CCc1ccc(C(CNC(=O)Cc2noc(C)n2)N2CCOCC2)cc1. The Labute approximate surface area is 153 Å². The van der Waals surface area contributed by atoms with E-state index >= 15 is 0 Å². The Bertz CT molecular complexity index is 708. The lowest BCUT2D eigenvalue weighted by Gasteiger charge is -2.35. The lowest BCUT2D eigenvalue weighted by molar-refractivity contribution is -0.120. The number of hydrogen-bond donors (Lipinski definition) is 1. The van der Waals surface area contributed by atoms with Crippen molar-refractivity contribution >= 4 is 5.91 Å². The van der Waals surface area contributed by atoms with E-state index in [0.29, 0.717) is 18.3 Å². The molecule has 0 bridgehead atoms. The zero-order valence-electron chi connectivity index (χ0n) is 15.4. The van der Waals surface area contributed by atoms with Crippen molar-refractivity contribution in [1.29, 1.82) is 0 Å². The molecule has 2 heterocycles. The van der Waals surface area contributed by atoms with E-state index in [4.69, 9.17) is 9.26 Å². The van der Waals surface area contributed by atoms with Crippen LogP contribution < -0.4 is 5.32 Å². The van der Waals surface area contributed by atoms with Gasteiger partial charge in [-0.05, 0) is 17.5 Å². The second-order valence-corrected chi connectivity index (χ2v) is 6.47. The zero-order chi connectivity index (χ0) is 18.4. The van der Waals surface area contributed by atoms with Gasteiger partial charge in [0.05, 0.1) is 25.7 Å². The molecule has 1 unspecified atom stereocenters. The number of benzene rings is 1. The van der Waals surface area contributed by atoms with Gasteiger partial charge in [-0.3, -0.25) is 9.69 Å². The van der Waals surface area contributed by atoms with Crippen LogP contribution in [0.5, 0.6) is 0 Å². The van der Waals surface area contributed by atoms with Gasteiger partial charge in [0.25, 0.3) is 0 Å². The van der Waals surface area contributed by atoms with Crippen molar-refractivity contribution in [3.63, 3.8) is 0 Å². The van der Waals surface area contributed by atoms with Crippen LogP contribution in [0.15, 0.2) is 28.8 Å². The van der Waals surface area contributed by atoms with Crippen LogP contribution in [0.25, 0.3) is 0 Å². The van der Waals surface area contributed by atoms with Crippen molar-refractivity contribution in [1.82, 2.24) is 20.4 Å². The number of amides is 1. The van der Waals surface area contributed by atoms with Gasteiger partial charge in [0.15, 0.2) is 5.82 Å². The number of morpholine rings is 1. The second-order valence-electron chi connectivity index (χ2n) is 6.47. The molecule has 0 aliphatic carbocycles. The van der Waals surface area contributed by atoms with Crippen LogP contribution in [0.3, 0.4) is 0 Å². The Balaban J connectivity index is 1.65. The van der Waals surface area contributed by atoms with E-state index in [9.17, 15) is 4.79 Å². The van der Waals surface area contributed by atoms with Crippen LogP contribution in [-0.2, 0) is 22.4 Å². The number of carbonyl (C=O) groups excluding carboxylic acids is 1. The van der Waals surface area contributed by atoms with Gasteiger partial charge in [-0.25, -0.2) is 0 Å². The number of ether oxygens (including phenoxy) is 1. The molecule has 0 saturated carbocycles. The van der Waals surface area contributed by atoms with Crippen molar-refractivity contribution in [2.75, 3.05) is 32.8 Å². The number of nitrogens with one attached hydrogen (secondary N) is 1. The van der Waals surface area contributed by atoms with Crippen LogP contribution in [0.2, 0.25) is 0 Å². The van der Waals surface area contributed by atoms with Gasteiger partial charge < -0.3 is 14.6 Å². The van der Waals surface area contributed by atoms with Crippen molar-refractivity contribution in [2.24, 2.45) is 0 Å². The number of nitrogens with zero attached hydrogens (tertiary/aromatic N) is 3. The summed E-state index contributed by atoms with van der Waals surface area (Å²) in [4.78, 5) is 18.7. The Morgan fingerprint density at radius 2 is 2.00 bits per heavy atom. The molecular formula is C19H26N4O3. The number of aryl methyl sites for hydroxylation is 2. The summed E-state index contributed by atoms with van der Waals surface area (Å²) in [7, 11) is 0. The third-order valence-corrected chi connectivity index (χ3v) is 4.64. The van der Waals surface area contributed by atoms with E-state index in [1.807, 2.05) is 0 Å². The van der Waals surface area contributed by atoms with Crippen LogP contribution in [-0.4, -0.2) is 53.8 Å². The highest BCUT2D eigenvalue weighted by Crippen LogP contribution is 2.22. The molecule has 7 heteroatoms. The fraction of sp³-hybridized carbons (Fsp3) is 0.526. The highest BCUT2D eigenvalue weighted by atomic mass is 16.5. The van der Waals surface area contributed by atoms with E-state index < -0.39 is 0 Å². The molecule has 7 nitrogen and oxygen atoms in total. The molecule has 1 aromatic heterocycles. The fourth-order valence-corrected chi connectivity index (χ4v) is 3.15. The van der Waals surface area contributed by atoms with Crippen molar-refractivity contribution in [2.45, 2.75) is 32.7 Å². The molecule has 1 aromatic carbocycles. The van der Waals surface area contributed by atoms with Crippen LogP contribution in [0.1, 0.15) is 35.8 Å². The Morgan fingerprint density at radius 1 is 1.27 bits per heavy atom. The van der Waals surface area contributed by atoms with Gasteiger partial charge >= 0.3 is 0 Å². The summed E-state index contributed by atoms with van der Waals surface area (Å²) in [5.74, 6) is 0.777. The first-order chi connectivity index (χ1) is 12.7. The maximum Gasteiger partial charge on any atom is 0.227 e. The van der Waals surface area contributed by atoms with E-state index in [1.54, 1.807) is 6.92 Å². The molecule has 26 heavy (non-hydrogen) atoms. The molecule has 1 fully saturated rings. The van der Waals surface area contributed by atoms with Gasteiger partial charge in [-0.1, -0.05) is 36.3 Å². The summed E-state index contributed by atoms with van der Waals surface area (Å²) < 4.78 is 10.4. The first-order valence-corrected chi connectivity index (χ1v) is 9.12. The predicted molar refractivity (Wildman–Crippen MR) is 96.7 cm³/mol. The number of carbonyl (C=O) groups is 1. The third-order valence-electron chi connectivity index (χ3n) is 4.64. The zero-order valence-corrected chi connectivity index (χ0v) is 15.4. The van der Waals surface area contributed by atoms with Crippen LogP contribution in [0.4, 0.5) is 0 Å². The maximum absolute atomic E-state index is 12.3. The summed E-state index contributed by atoms with van der Waals surface area (Å²) in [5, 5.41) is 6.80. The van der Waals surface area contributed by atoms with Gasteiger partial charge in [-0.2, -0.15) is 4.98 Å². The lowest BCUT2D eigenvalue weighted by Crippen LogP contribution is -2.44. The molecule has 0 spiro atoms. The van der Waals surface area contributed by atoms with E-state index in [0.717, 1.165) is 32.7 Å². The van der Waals surface area contributed by atoms with Crippen LogP contribution >= 0.6 is 0 Å². The minimum absolute atomic E-state index is 0.103. The Morgan fingerprint density at radius 3 is 2.62 bits per heavy atom. The summed E-state index contributed by atoms with van der Waals surface area (Å²) in [6, 6.07) is 8.77. The minimum atomic E-state index is -0.103. The molecule has 3 rings (SSSR count). The summed E-state index contributed by atoms with van der Waals surface area (Å²) in [6.45, 7) is 7.57. The highest BCUT2D eigenvalue weighted by Gasteiger charge is 2.23. The normalized spacial score (nSPS) is 16.4. The lowest BCUT2D eigenvalue weighted by atomic mass is 10.0. The van der Waals surface area contributed by atoms with Crippen molar-refractivity contribution in [3.8, 4) is 0 Å². The average Bonchev–Trinajstić information content (AvgIpc) is 3.08. The van der Waals surface area contributed by atoms with Gasteiger partial charge in [0, 0.05) is 26.6 Å². The molecule has 1 atom stereocenters. The molecule has 1 aliphatic rings. The fourth-order valence-electron chi connectivity index (χ4n) is 3.15. The topological polar surface area (TPSA) is 80.5 Å². The number of rotatable bonds is 7. The molecular weight excluding hydrogens is 332 g/mol. The largest absolute Gasteiger partial charge is 0.379 e. The molecule has 2 aromatic rings. The molecule has 140 valence electrons. The maximum atomic E-state index is 12.3. The quantitative estimate of drug-likeness (QED) is 0.811. The minimum Gasteiger partial charge on any atom is -0.379 e. The second kappa shape index (κ2) is 8.91. The predicted octanol–water partition coefficient (Wildman–Crippen LogP) is 1.67. The van der Waals surface area contributed by atoms with E-state index in [1.165, 1.54) is 11.1 Å².